The lowest BCUT2D eigenvalue weighted by molar-refractivity contribution is -0.384. The van der Waals surface area contributed by atoms with Crippen LogP contribution in [0.5, 0.6) is 0 Å². The lowest BCUT2D eigenvalue weighted by Crippen LogP contribution is -2.35. The van der Waals surface area contributed by atoms with Gasteiger partial charge in [0.1, 0.15) is 5.76 Å². The number of hydrogen-bond donors (Lipinski definition) is 0. The highest BCUT2D eigenvalue weighted by Crippen LogP contribution is 2.37. The molecule has 0 radical (unpaired) electrons. The molecule has 0 saturated carbocycles. The molecule has 1 aliphatic rings. The van der Waals surface area contributed by atoms with Crippen LogP contribution < -0.4 is 4.90 Å². The number of anilines is 1. The zero-order valence-electron chi connectivity index (χ0n) is 17.1. The van der Waals surface area contributed by atoms with Gasteiger partial charge < -0.3 is 9.32 Å². The van der Waals surface area contributed by atoms with Crippen molar-refractivity contribution in [1.29, 1.82) is 0 Å². The zero-order valence-corrected chi connectivity index (χ0v) is 17.9. The van der Waals surface area contributed by atoms with Crippen molar-refractivity contribution in [3.63, 3.8) is 0 Å². The van der Waals surface area contributed by atoms with Gasteiger partial charge in [-0.25, -0.2) is 0 Å². The molecule has 3 aromatic rings. The zero-order chi connectivity index (χ0) is 21.1. The molecule has 0 aliphatic carbocycles. The van der Waals surface area contributed by atoms with E-state index in [0.717, 1.165) is 54.3 Å². The van der Waals surface area contributed by atoms with E-state index in [0.29, 0.717) is 6.54 Å². The normalized spacial score (nSPS) is 16.0. The van der Waals surface area contributed by atoms with Crippen molar-refractivity contribution >= 4 is 23.4 Å². The third-order valence-corrected chi connectivity index (χ3v) is 6.63. The van der Waals surface area contributed by atoms with E-state index in [1.165, 1.54) is 6.07 Å². The van der Waals surface area contributed by atoms with Gasteiger partial charge >= 0.3 is 0 Å². The summed E-state index contributed by atoms with van der Waals surface area (Å²) >= 11 is 1.55. The van der Waals surface area contributed by atoms with E-state index in [1.54, 1.807) is 30.2 Å². The van der Waals surface area contributed by atoms with Gasteiger partial charge in [0.15, 0.2) is 5.16 Å². The smallest absolute Gasteiger partial charge is 0.269 e. The molecule has 0 N–H and O–H groups in total. The van der Waals surface area contributed by atoms with Crippen LogP contribution in [0.15, 0.2) is 52.2 Å². The second-order valence-electron chi connectivity index (χ2n) is 7.73. The molecule has 2 aromatic heterocycles. The molecule has 0 bridgehead atoms. The SMILES string of the molecule is CC1CCN(c2nnc(SC(C)c3cccc([N+](=O)[O-])c3)n2Cc2ccco2)CC1. The van der Waals surface area contributed by atoms with Crippen LogP contribution in [-0.4, -0.2) is 32.8 Å². The van der Waals surface area contributed by atoms with E-state index < -0.39 is 0 Å². The van der Waals surface area contributed by atoms with Gasteiger partial charge in [-0.05, 0) is 43.4 Å². The highest BCUT2D eigenvalue weighted by molar-refractivity contribution is 7.99. The molecule has 8 nitrogen and oxygen atoms in total. The van der Waals surface area contributed by atoms with Crippen molar-refractivity contribution in [3.8, 4) is 0 Å². The van der Waals surface area contributed by atoms with Gasteiger partial charge in [0.25, 0.3) is 5.69 Å². The third kappa shape index (κ3) is 4.51. The van der Waals surface area contributed by atoms with E-state index in [9.17, 15) is 10.1 Å². The van der Waals surface area contributed by atoms with Crippen LogP contribution >= 0.6 is 11.8 Å². The summed E-state index contributed by atoms with van der Waals surface area (Å²) in [5, 5.41) is 20.9. The third-order valence-electron chi connectivity index (χ3n) is 5.49. The first-order valence-corrected chi connectivity index (χ1v) is 11.0. The minimum Gasteiger partial charge on any atom is -0.467 e. The number of rotatable bonds is 7. The number of hydrogen-bond acceptors (Lipinski definition) is 7. The van der Waals surface area contributed by atoms with Crippen LogP contribution in [0.4, 0.5) is 11.6 Å². The minimum absolute atomic E-state index is 0.0151. The second-order valence-corrected chi connectivity index (χ2v) is 9.04. The maximum Gasteiger partial charge on any atom is 0.269 e. The molecule has 30 heavy (non-hydrogen) atoms. The van der Waals surface area contributed by atoms with E-state index in [4.69, 9.17) is 4.42 Å². The lowest BCUT2D eigenvalue weighted by Gasteiger charge is -2.31. The minimum atomic E-state index is -0.365. The molecule has 0 spiro atoms. The van der Waals surface area contributed by atoms with E-state index in [2.05, 4.69) is 26.6 Å². The monoisotopic (exact) mass is 427 g/mol. The number of nitrogens with zero attached hydrogens (tertiary/aromatic N) is 5. The van der Waals surface area contributed by atoms with Crippen molar-refractivity contribution in [2.24, 2.45) is 5.92 Å². The van der Waals surface area contributed by atoms with Gasteiger partial charge in [0.2, 0.25) is 5.95 Å². The lowest BCUT2D eigenvalue weighted by atomic mass is 10.00. The van der Waals surface area contributed by atoms with Crippen LogP contribution in [0.2, 0.25) is 0 Å². The van der Waals surface area contributed by atoms with Gasteiger partial charge in [-0.1, -0.05) is 30.8 Å². The standard InChI is InChI=1S/C21H25N5O3S/c1-15-8-10-24(11-9-15)20-22-23-21(25(20)14-19-7-4-12-29-19)30-16(2)17-5-3-6-18(13-17)26(27)28/h3-7,12-13,15-16H,8-11,14H2,1-2H3. The van der Waals surface area contributed by atoms with Crippen molar-refractivity contribution in [3.05, 3.63) is 64.1 Å². The Bertz CT molecular complexity index is 996. The Labute approximate surface area is 179 Å². The predicted molar refractivity (Wildman–Crippen MR) is 116 cm³/mol. The molecule has 3 heterocycles. The van der Waals surface area contributed by atoms with Gasteiger partial charge in [0, 0.05) is 30.5 Å². The fourth-order valence-corrected chi connectivity index (χ4v) is 4.59. The fourth-order valence-electron chi connectivity index (χ4n) is 3.62. The summed E-state index contributed by atoms with van der Waals surface area (Å²) < 4.78 is 7.66. The van der Waals surface area contributed by atoms with E-state index in [1.807, 2.05) is 25.1 Å². The van der Waals surface area contributed by atoms with Crippen LogP contribution in [0.1, 0.15) is 43.3 Å². The molecule has 1 fully saturated rings. The molecule has 158 valence electrons. The highest BCUT2D eigenvalue weighted by Gasteiger charge is 2.24. The second kappa shape index (κ2) is 8.91. The molecular weight excluding hydrogens is 402 g/mol. The molecule has 0 amide bonds. The Morgan fingerprint density at radius 3 is 2.77 bits per heavy atom. The molecular formula is C21H25N5O3S. The van der Waals surface area contributed by atoms with Crippen molar-refractivity contribution < 1.29 is 9.34 Å². The summed E-state index contributed by atoms with van der Waals surface area (Å²) in [5.74, 6) is 2.42. The average molecular weight is 428 g/mol. The molecule has 1 saturated heterocycles. The number of benzene rings is 1. The maximum atomic E-state index is 11.1. The number of furan rings is 1. The van der Waals surface area contributed by atoms with Crippen LogP contribution in [-0.2, 0) is 6.54 Å². The summed E-state index contributed by atoms with van der Waals surface area (Å²) in [6, 6.07) is 10.6. The molecule has 1 aliphatic heterocycles. The average Bonchev–Trinajstić information content (AvgIpc) is 3.40. The predicted octanol–water partition coefficient (Wildman–Crippen LogP) is 4.92. The highest BCUT2D eigenvalue weighted by atomic mass is 32.2. The number of thioether (sulfide) groups is 1. The van der Waals surface area contributed by atoms with Crippen molar-refractivity contribution in [2.75, 3.05) is 18.0 Å². The molecule has 1 atom stereocenters. The Morgan fingerprint density at radius 2 is 2.07 bits per heavy atom. The van der Waals surface area contributed by atoms with E-state index >= 15 is 0 Å². The summed E-state index contributed by atoms with van der Waals surface area (Å²) in [6.45, 7) is 6.78. The summed E-state index contributed by atoms with van der Waals surface area (Å²) in [6.07, 6.45) is 3.95. The molecule has 1 unspecified atom stereocenters. The van der Waals surface area contributed by atoms with Crippen LogP contribution in [0.3, 0.4) is 0 Å². The molecule has 9 heteroatoms. The van der Waals surface area contributed by atoms with Crippen molar-refractivity contribution in [1.82, 2.24) is 14.8 Å². The maximum absolute atomic E-state index is 11.1. The number of non-ortho nitro benzene ring substituents is 1. The summed E-state index contributed by atoms with van der Waals surface area (Å²) in [7, 11) is 0. The Morgan fingerprint density at radius 1 is 1.27 bits per heavy atom. The summed E-state index contributed by atoms with van der Waals surface area (Å²) in [5.41, 5.74) is 0.982. The fraction of sp³-hybridized carbons (Fsp3) is 0.429. The first kappa shape index (κ1) is 20.5. The molecule has 4 rings (SSSR count). The number of nitro benzene ring substituents is 1. The quantitative estimate of drug-likeness (QED) is 0.300. The summed E-state index contributed by atoms with van der Waals surface area (Å²) in [4.78, 5) is 13.0. The number of aromatic nitrogens is 3. The largest absolute Gasteiger partial charge is 0.467 e. The van der Waals surface area contributed by atoms with Gasteiger partial charge in [-0.3, -0.25) is 14.7 Å². The Balaban J connectivity index is 1.60. The first-order valence-electron chi connectivity index (χ1n) is 10.1. The van der Waals surface area contributed by atoms with Gasteiger partial charge in [-0.2, -0.15) is 0 Å². The van der Waals surface area contributed by atoms with Crippen LogP contribution in [0.25, 0.3) is 0 Å². The Kier molecular flexibility index (Phi) is 6.08. The number of nitro groups is 1. The topological polar surface area (TPSA) is 90.2 Å². The first-order chi connectivity index (χ1) is 14.5. The Hall–Kier alpha value is -2.81. The van der Waals surface area contributed by atoms with E-state index in [-0.39, 0.29) is 15.9 Å². The van der Waals surface area contributed by atoms with Gasteiger partial charge in [-0.15, -0.1) is 10.2 Å². The van der Waals surface area contributed by atoms with Gasteiger partial charge in [0.05, 0.1) is 17.7 Å². The van der Waals surface area contributed by atoms with Crippen molar-refractivity contribution in [2.45, 2.75) is 43.6 Å². The number of piperidine rings is 1. The van der Waals surface area contributed by atoms with Crippen LogP contribution in [0, 0.1) is 16.0 Å². The molecule has 1 aromatic carbocycles.